The van der Waals surface area contributed by atoms with Crippen molar-refractivity contribution in [1.29, 1.82) is 0 Å². The maximum atomic E-state index is 12.8. The highest BCUT2D eigenvalue weighted by Crippen LogP contribution is 2.21. The molecule has 0 fully saturated rings. The summed E-state index contributed by atoms with van der Waals surface area (Å²) in [6.07, 6.45) is 1.54. The molecule has 29 heavy (non-hydrogen) atoms. The molecule has 0 aliphatic carbocycles. The number of amides is 1. The molecule has 0 aliphatic heterocycles. The first-order chi connectivity index (χ1) is 14.1. The standard InChI is InChI=1S/C21H15BrN4O3/c22-16-10-4-5-11-17(16)23-18(27)13-26-12-6-9-15(21(26)28)20-24-19(25-29-20)14-7-2-1-3-8-14/h1-12H,13H2,(H,23,27). The molecule has 8 heteroatoms. The molecular formula is C21H15BrN4O3. The summed E-state index contributed by atoms with van der Waals surface area (Å²) in [6.45, 7) is -0.145. The van der Waals surface area contributed by atoms with Gasteiger partial charge in [-0.05, 0) is 40.2 Å². The van der Waals surface area contributed by atoms with E-state index in [0.717, 1.165) is 10.0 Å². The molecule has 0 bridgehead atoms. The van der Waals surface area contributed by atoms with Gasteiger partial charge in [0.05, 0.1) is 5.69 Å². The van der Waals surface area contributed by atoms with E-state index in [1.165, 1.54) is 4.57 Å². The van der Waals surface area contributed by atoms with Crippen LogP contribution in [0.25, 0.3) is 22.8 Å². The predicted octanol–water partition coefficient (Wildman–Crippen LogP) is 3.97. The summed E-state index contributed by atoms with van der Waals surface area (Å²) >= 11 is 3.38. The number of carbonyl (C=O) groups is 1. The van der Waals surface area contributed by atoms with E-state index in [9.17, 15) is 9.59 Å². The molecule has 4 rings (SSSR count). The molecule has 0 atom stereocenters. The lowest BCUT2D eigenvalue weighted by Crippen LogP contribution is -2.28. The van der Waals surface area contributed by atoms with Gasteiger partial charge < -0.3 is 14.4 Å². The summed E-state index contributed by atoms with van der Waals surface area (Å²) in [5.74, 6) is 0.170. The first kappa shape index (κ1) is 18.8. The van der Waals surface area contributed by atoms with E-state index in [1.807, 2.05) is 48.5 Å². The second kappa shape index (κ2) is 8.24. The molecule has 2 aromatic carbocycles. The third-order valence-corrected chi connectivity index (χ3v) is 4.86. The van der Waals surface area contributed by atoms with Crippen molar-refractivity contribution in [2.75, 3.05) is 5.32 Å². The molecule has 0 saturated heterocycles. The Balaban J connectivity index is 1.57. The highest BCUT2D eigenvalue weighted by molar-refractivity contribution is 9.10. The van der Waals surface area contributed by atoms with E-state index in [-0.39, 0.29) is 23.9 Å². The Kier molecular flexibility index (Phi) is 5.35. The topological polar surface area (TPSA) is 90.0 Å². The van der Waals surface area contributed by atoms with Crippen LogP contribution in [-0.4, -0.2) is 20.6 Å². The summed E-state index contributed by atoms with van der Waals surface area (Å²) in [4.78, 5) is 29.5. The summed E-state index contributed by atoms with van der Waals surface area (Å²) in [5.41, 5.74) is 1.26. The van der Waals surface area contributed by atoms with Gasteiger partial charge in [-0.1, -0.05) is 47.6 Å². The Labute approximate surface area is 174 Å². The third-order valence-electron chi connectivity index (χ3n) is 4.17. The van der Waals surface area contributed by atoms with Gasteiger partial charge in [-0.25, -0.2) is 0 Å². The molecule has 2 aromatic heterocycles. The summed E-state index contributed by atoms with van der Waals surface area (Å²) in [7, 11) is 0. The lowest BCUT2D eigenvalue weighted by Gasteiger charge is -2.09. The zero-order valence-corrected chi connectivity index (χ0v) is 16.7. The minimum Gasteiger partial charge on any atom is -0.333 e. The average Bonchev–Trinajstić information content (AvgIpc) is 3.22. The van der Waals surface area contributed by atoms with Crippen LogP contribution in [0.3, 0.4) is 0 Å². The fraction of sp³-hybridized carbons (Fsp3) is 0.0476. The summed E-state index contributed by atoms with van der Waals surface area (Å²) in [5, 5.41) is 6.72. The van der Waals surface area contributed by atoms with Gasteiger partial charge in [0.25, 0.3) is 11.4 Å². The van der Waals surface area contributed by atoms with Crippen LogP contribution >= 0.6 is 15.9 Å². The molecule has 1 N–H and O–H groups in total. The van der Waals surface area contributed by atoms with Gasteiger partial charge in [-0.3, -0.25) is 9.59 Å². The number of nitrogens with zero attached hydrogens (tertiary/aromatic N) is 3. The number of carbonyl (C=O) groups excluding carboxylic acids is 1. The highest BCUT2D eigenvalue weighted by atomic mass is 79.9. The minimum atomic E-state index is -0.391. The summed E-state index contributed by atoms with van der Waals surface area (Å²) < 4.78 is 7.33. The van der Waals surface area contributed by atoms with Crippen molar-refractivity contribution < 1.29 is 9.32 Å². The molecule has 4 aromatic rings. The van der Waals surface area contributed by atoms with Crippen molar-refractivity contribution in [3.05, 3.63) is 87.8 Å². The fourth-order valence-electron chi connectivity index (χ4n) is 2.77. The van der Waals surface area contributed by atoms with E-state index in [4.69, 9.17) is 4.52 Å². The number of nitrogens with one attached hydrogen (secondary N) is 1. The van der Waals surface area contributed by atoms with Gasteiger partial charge >= 0.3 is 0 Å². The Hall–Kier alpha value is -3.52. The molecule has 0 spiro atoms. The van der Waals surface area contributed by atoms with Crippen molar-refractivity contribution in [2.24, 2.45) is 0 Å². The molecule has 1 amide bonds. The SMILES string of the molecule is O=C(Cn1cccc(-c2nc(-c3ccccc3)no2)c1=O)Nc1ccccc1Br. The zero-order chi connectivity index (χ0) is 20.2. The van der Waals surface area contributed by atoms with Crippen LogP contribution in [0.1, 0.15) is 0 Å². The normalized spacial score (nSPS) is 10.7. The molecule has 7 nitrogen and oxygen atoms in total. The van der Waals surface area contributed by atoms with Gasteiger partial charge in [-0.2, -0.15) is 4.98 Å². The number of aromatic nitrogens is 3. The maximum absolute atomic E-state index is 12.8. The largest absolute Gasteiger partial charge is 0.333 e. The van der Waals surface area contributed by atoms with Crippen molar-refractivity contribution in [3.63, 3.8) is 0 Å². The van der Waals surface area contributed by atoms with E-state index in [2.05, 4.69) is 31.4 Å². The molecular weight excluding hydrogens is 436 g/mol. The number of para-hydroxylation sites is 1. The second-order valence-corrected chi connectivity index (χ2v) is 7.03. The number of benzene rings is 2. The Morgan fingerprint density at radius 2 is 1.79 bits per heavy atom. The Bertz CT molecular complexity index is 1220. The quantitative estimate of drug-likeness (QED) is 0.496. The van der Waals surface area contributed by atoms with E-state index in [0.29, 0.717) is 11.5 Å². The predicted molar refractivity (Wildman–Crippen MR) is 112 cm³/mol. The van der Waals surface area contributed by atoms with Crippen molar-refractivity contribution >= 4 is 27.5 Å². The second-order valence-electron chi connectivity index (χ2n) is 6.17. The minimum absolute atomic E-state index is 0.106. The van der Waals surface area contributed by atoms with Crippen molar-refractivity contribution in [2.45, 2.75) is 6.54 Å². The van der Waals surface area contributed by atoms with Crippen LogP contribution in [0.2, 0.25) is 0 Å². The van der Waals surface area contributed by atoms with Crippen molar-refractivity contribution in [1.82, 2.24) is 14.7 Å². The van der Waals surface area contributed by atoms with E-state index < -0.39 is 5.56 Å². The number of halogens is 1. The number of rotatable bonds is 5. The van der Waals surface area contributed by atoms with Gasteiger partial charge in [0, 0.05) is 16.2 Å². The lowest BCUT2D eigenvalue weighted by atomic mass is 10.2. The van der Waals surface area contributed by atoms with Crippen LogP contribution in [0.4, 0.5) is 5.69 Å². The van der Waals surface area contributed by atoms with E-state index in [1.54, 1.807) is 24.4 Å². The van der Waals surface area contributed by atoms with Crippen LogP contribution in [0.15, 0.2) is 86.7 Å². The lowest BCUT2D eigenvalue weighted by molar-refractivity contribution is -0.116. The molecule has 144 valence electrons. The summed E-state index contributed by atoms with van der Waals surface area (Å²) in [6, 6.07) is 19.8. The van der Waals surface area contributed by atoms with Crippen LogP contribution in [0, 0.1) is 0 Å². The van der Waals surface area contributed by atoms with Crippen LogP contribution in [0.5, 0.6) is 0 Å². The van der Waals surface area contributed by atoms with Crippen molar-refractivity contribution in [3.8, 4) is 22.8 Å². The molecule has 0 radical (unpaired) electrons. The van der Waals surface area contributed by atoms with E-state index >= 15 is 0 Å². The third kappa shape index (κ3) is 4.17. The average molecular weight is 451 g/mol. The number of pyridine rings is 1. The zero-order valence-electron chi connectivity index (χ0n) is 15.1. The number of hydrogen-bond acceptors (Lipinski definition) is 5. The maximum Gasteiger partial charge on any atom is 0.263 e. The first-order valence-electron chi connectivity index (χ1n) is 8.75. The highest BCUT2D eigenvalue weighted by Gasteiger charge is 2.16. The molecule has 0 saturated carbocycles. The molecule has 0 unspecified atom stereocenters. The van der Waals surface area contributed by atoms with Gasteiger partial charge in [0.2, 0.25) is 11.7 Å². The Morgan fingerprint density at radius 3 is 2.59 bits per heavy atom. The Morgan fingerprint density at radius 1 is 1.03 bits per heavy atom. The fourth-order valence-corrected chi connectivity index (χ4v) is 3.15. The molecule has 2 heterocycles. The van der Waals surface area contributed by atoms with Gasteiger partial charge in [-0.15, -0.1) is 0 Å². The number of hydrogen-bond donors (Lipinski definition) is 1. The number of anilines is 1. The first-order valence-corrected chi connectivity index (χ1v) is 9.54. The van der Waals surface area contributed by atoms with Crippen LogP contribution in [-0.2, 0) is 11.3 Å². The van der Waals surface area contributed by atoms with Crippen LogP contribution < -0.4 is 10.9 Å². The smallest absolute Gasteiger partial charge is 0.263 e. The van der Waals surface area contributed by atoms with Gasteiger partial charge in [0.1, 0.15) is 12.1 Å². The molecule has 0 aliphatic rings. The monoisotopic (exact) mass is 450 g/mol. The van der Waals surface area contributed by atoms with Gasteiger partial charge in [0.15, 0.2) is 0 Å².